The van der Waals surface area contributed by atoms with Crippen LogP contribution >= 0.6 is 22.9 Å². The predicted octanol–water partition coefficient (Wildman–Crippen LogP) is 4.07. The zero-order valence-corrected chi connectivity index (χ0v) is 14.9. The van der Waals surface area contributed by atoms with E-state index in [0.717, 1.165) is 11.3 Å². The molecule has 1 aliphatic carbocycles. The molecule has 0 saturated heterocycles. The largest absolute Gasteiger partial charge is 0.495 e. The molecule has 0 saturated carbocycles. The van der Waals surface area contributed by atoms with Gasteiger partial charge in [0.25, 0.3) is 0 Å². The lowest BCUT2D eigenvalue weighted by Crippen LogP contribution is -2.19. The van der Waals surface area contributed by atoms with Crippen molar-refractivity contribution in [1.82, 2.24) is 0 Å². The molecule has 2 aliphatic rings. The minimum atomic E-state index is -0.998. The van der Waals surface area contributed by atoms with Crippen molar-refractivity contribution in [3.63, 3.8) is 0 Å². The Balaban J connectivity index is 2.09. The molecule has 130 valence electrons. The molecule has 0 spiro atoms. The number of allylic oxidation sites excluding steroid dienone is 4. The van der Waals surface area contributed by atoms with Crippen LogP contribution in [0.5, 0.6) is 0 Å². The number of carbonyl (C=O) groups excluding carboxylic acids is 1. The zero-order chi connectivity index (χ0) is 18.3. The number of carboxylic acid groups (broad SMARTS) is 1. The summed E-state index contributed by atoms with van der Waals surface area (Å²) in [6.07, 6.45) is -0.0751. The molecular formula is C17H13ClFNO4S. The number of halogens is 2. The van der Waals surface area contributed by atoms with Gasteiger partial charge in [0.2, 0.25) is 5.78 Å². The summed E-state index contributed by atoms with van der Waals surface area (Å²) in [5.41, 5.74) is 2.38. The summed E-state index contributed by atoms with van der Waals surface area (Å²) in [5, 5.41) is 8.80. The van der Waals surface area contributed by atoms with Crippen LogP contribution < -0.4 is 0 Å². The van der Waals surface area contributed by atoms with Crippen LogP contribution in [-0.4, -0.2) is 29.7 Å². The number of methoxy groups -OCH3 is 1. The zero-order valence-electron chi connectivity index (χ0n) is 13.4. The highest BCUT2D eigenvalue weighted by Gasteiger charge is 2.36. The summed E-state index contributed by atoms with van der Waals surface area (Å²) in [6, 6.07) is 2.63. The number of ether oxygens (including phenoxy) is 1. The van der Waals surface area contributed by atoms with E-state index in [2.05, 4.69) is 4.99 Å². The lowest BCUT2D eigenvalue weighted by Gasteiger charge is -2.21. The molecule has 0 atom stereocenters. The number of aliphatic carboxylic acids is 1. The number of nitrogens with zero attached hydrogens (tertiary/aromatic N) is 1. The monoisotopic (exact) mass is 381 g/mol. The molecule has 0 amide bonds. The van der Waals surface area contributed by atoms with Gasteiger partial charge in [0.15, 0.2) is 5.13 Å². The van der Waals surface area contributed by atoms with Gasteiger partial charge in [-0.05, 0) is 24.6 Å². The Morgan fingerprint density at radius 2 is 2.16 bits per heavy atom. The first-order valence-electron chi connectivity index (χ1n) is 7.30. The van der Waals surface area contributed by atoms with Gasteiger partial charge in [-0.3, -0.25) is 14.6 Å². The Morgan fingerprint density at radius 1 is 1.44 bits per heavy atom. The fourth-order valence-corrected chi connectivity index (χ4v) is 4.02. The molecule has 0 aromatic carbocycles. The highest BCUT2D eigenvalue weighted by molar-refractivity contribution is 7.12. The van der Waals surface area contributed by atoms with E-state index in [0.29, 0.717) is 22.6 Å². The Hall–Kier alpha value is -2.25. The molecule has 0 radical (unpaired) electrons. The number of Topliss-reactive ketones (excluding diaryl/α,β-unsaturated/α-hetero) is 1. The second-order valence-electron chi connectivity index (χ2n) is 5.50. The van der Waals surface area contributed by atoms with Gasteiger partial charge in [0, 0.05) is 17.7 Å². The van der Waals surface area contributed by atoms with Crippen molar-refractivity contribution in [3.8, 4) is 0 Å². The van der Waals surface area contributed by atoms with Crippen LogP contribution in [-0.2, 0) is 9.53 Å². The third-order valence-corrected chi connectivity index (χ3v) is 5.20. The van der Waals surface area contributed by atoms with Crippen molar-refractivity contribution in [2.75, 3.05) is 7.11 Å². The highest BCUT2D eigenvalue weighted by Crippen LogP contribution is 2.42. The fraction of sp³-hybridized carbons (Fsp3) is 0.235. The van der Waals surface area contributed by atoms with Gasteiger partial charge in [-0.2, -0.15) is 4.39 Å². The Labute approximate surface area is 151 Å². The standard InChI is InChI=1S/C17H13ClFNO4S/c1-7-8(6-13(21)22)14-10(20-7)5-9(17(24-2)15(14)18)16(23)11-3-4-12(19)25-11/h3-4H,5-6H2,1-2H3,(H,21,22). The maximum absolute atomic E-state index is 13.2. The highest BCUT2D eigenvalue weighted by atomic mass is 35.5. The molecule has 1 aromatic rings. The SMILES string of the molecule is COC1=C(C(=O)c2ccc(F)s2)CC2=NC(C)=C(CC(=O)O)C2=C1Cl. The number of fused-ring (bicyclic) bond motifs is 1. The number of ketones is 1. The lowest BCUT2D eigenvalue weighted by molar-refractivity contribution is -0.136. The molecule has 0 fully saturated rings. The molecule has 1 N–H and O–H groups in total. The van der Waals surface area contributed by atoms with Crippen LogP contribution in [0.2, 0.25) is 0 Å². The van der Waals surface area contributed by atoms with E-state index >= 15 is 0 Å². The topological polar surface area (TPSA) is 76.0 Å². The van der Waals surface area contributed by atoms with Crippen molar-refractivity contribution in [1.29, 1.82) is 0 Å². The number of carbonyl (C=O) groups is 2. The Bertz CT molecular complexity index is 923. The van der Waals surface area contributed by atoms with Crippen LogP contribution in [0.1, 0.15) is 29.4 Å². The van der Waals surface area contributed by atoms with E-state index in [9.17, 15) is 14.0 Å². The fourth-order valence-electron chi connectivity index (χ4n) is 2.91. The summed E-state index contributed by atoms with van der Waals surface area (Å²) < 4.78 is 18.6. The summed E-state index contributed by atoms with van der Waals surface area (Å²) >= 11 is 7.17. The predicted molar refractivity (Wildman–Crippen MR) is 92.5 cm³/mol. The van der Waals surface area contributed by atoms with Crippen LogP contribution in [0.15, 0.2) is 50.3 Å². The van der Waals surface area contributed by atoms with Crippen LogP contribution in [0.25, 0.3) is 0 Å². The average Bonchev–Trinajstić information content (AvgIpc) is 3.10. The van der Waals surface area contributed by atoms with E-state index < -0.39 is 11.1 Å². The second-order valence-corrected chi connectivity index (χ2v) is 6.92. The van der Waals surface area contributed by atoms with Crippen molar-refractivity contribution in [3.05, 3.63) is 55.3 Å². The minimum absolute atomic E-state index is 0.146. The first-order chi connectivity index (χ1) is 11.8. The molecule has 2 heterocycles. The average molecular weight is 382 g/mol. The number of hydrogen-bond donors (Lipinski definition) is 1. The van der Waals surface area contributed by atoms with Crippen LogP contribution in [0, 0.1) is 5.13 Å². The molecule has 1 aliphatic heterocycles. The molecule has 5 nitrogen and oxygen atoms in total. The quantitative estimate of drug-likeness (QED) is 0.780. The normalized spacial score (nSPS) is 17.0. The van der Waals surface area contributed by atoms with Crippen molar-refractivity contribution in [2.45, 2.75) is 19.8 Å². The van der Waals surface area contributed by atoms with Crippen molar-refractivity contribution >= 4 is 40.4 Å². The van der Waals surface area contributed by atoms with Gasteiger partial charge in [0.05, 0.1) is 34.7 Å². The second kappa shape index (κ2) is 6.57. The Morgan fingerprint density at radius 3 is 2.72 bits per heavy atom. The molecule has 0 bridgehead atoms. The van der Waals surface area contributed by atoms with E-state index in [4.69, 9.17) is 21.4 Å². The van der Waals surface area contributed by atoms with Gasteiger partial charge >= 0.3 is 5.97 Å². The van der Waals surface area contributed by atoms with Crippen LogP contribution in [0.4, 0.5) is 4.39 Å². The first kappa shape index (κ1) is 17.6. The van der Waals surface area contributed by atoms with Crippen molar-refractivity contribution < 1.29 is 23.8 Å². The number of hydrogen-bond acceptors (Lipinski definition) is 5. The van der Waals surface area contributed by atoms with E-state index in [1.54, 1.807) is 6.92 Å². The number of rotatable bonds is 5. The summed E-state index contributed by atoms with van der Waals surface area (Å²) in [6.45, 7) is 1.70. The smallest absolute Gasteiger partial charge is 0.307 e. The van der Waals surface area contributed by atoms with Crippen molar-refractivity contribution in [2.24, 2.45) is 4.99 Å². The minimum Gasteiger partial charge on any atom is -0.495 e. The number of carboxylic acids is 1. The molecular weight excluding hydrogens is 369 g/mol. The van der Waals surface area contributed by atoms with Gasteiger partial charge < -0.3 is 9.84 Å². The van der Waals surface area contributed by atoms with Gasteiger partial charge in [0.1, 0.15) is 5.76 Å². The van der Waals surface area contributed by atoms with E-state index in [1.807, 2.05) is 0 Å². The molecule has 0 unspecified atom stereocenters. The molecule has 3 rings (SSSR count). The summed E-state index contributed by atoms with van der Waals surface area (Å²) in [4.78, 5) is 28.4. The lowest BCUT2D eigenvalue weighted by atomic mass is 9.88. The Kier molecular flexibility index (Phi) is 4.62. The van der Waals surface area contributed by atoms with E-state index in [-0.39, 0.29) is 39.9 Å². The first-order valence-corrected chi connectivity index (χ1v) is 8.50. The molecule has 1 aromatic heterocycles. The molecule has 8 heteroatoms. The third kappa shape index (κ3) is 3.05. The van der Waals surface area contributed by atoms with Gasteiger partial charge in [-0.15, -0.1) is 11.3 Å². The summed E-state index contributed by atoms with van der Waals surface area (Å²) in [5.74, 6) is -1.20. The van der Waals surface area contributed by atoms with Gasteiger partial charge in [-0.1, -0.05) is 11.6 Å². The maximum Gasteiger partial charge on any atom is 0.307 e. The number of aliphatic imine (C=N–C) groups is 1. The molecule has 25 heavy (non-hydrogen) atoms. The summed E-state index contributed by atoms with van der Waals surface area (Å²) in [7, 11) is 1.38. The maximum atomic E-state index is 13.2. The van der Waals surface area contributed by atoms with E-state index in [1.165, 1.54) is 19.2 Å². The van der Waals surface area contributed by atoms with Gasteiger partial charge in [-0.25, -0.2) is 0 Å². The number of thiophene rings is 1. The third-order valence-electron chi connectivity index (χ3n) is 3.97. The van der Waals surface area contributed by atoms with Crippen LogP contribution in [0.3, 0.4) is 0 Å².